The minimum Gasteiger partial charge on any atom is -0.430 e. The Balaban J connectivity index is 3.17. The van der Waals surface area contributed by atoms with Crippen LogP contribution in [0.5, 0.6) is 0 Å². The second-order valence-electron chi connectivity index (χ2n) is 1.97. The highest BCUT2D eigenvalue weighted by Crippen LogP contribution is 1.89. The third-order valence-corrected chi connectivity index (χ3v) is 1.16. The molecule has 0 saturated carbocycles. The summed E-state index contributed by atoms with van der Waals surface area (Å²) in [5.74, 6) is 0. The predicted octanol–water partition coefficient (Wildman–Crippen LogP) is -0.285. The van der Waals surface area contributed by atoms with Gasteiger partial charge in [0.25, 0.3) is 0 Å². The van der Waals surface area contributed by atoms with Crippen molar-refractivity contribution in [2.75, 3.05) is 6.23 Å². The molecule has 2 N–H and O–H groups in total. The molecule has 38 valence electrons. The van der Waals surface area contributed by atoms with Gasteiger partial charge in [-0.25, -0.2) is 0 Å². The van der Waals surface area contributed by atoms with E-state index in [4.69, 9.17) is 9.90 Å². The first-order chi connectivity index (χ1) is 2.56. The first-order valence-corrected chi connectivity index (χ1v) is 5.05. The summed E-state index contributed by atoms with van der Waals surface area (Å²) in [6.45, 7) is 3.38. The molecule has 0 unspecified atom stereocenters. The van der Waals surface area contributed by atoms with E-state index in [0.29, 0.717) is 0 Å². The molecule has 0 aromatic carbocycles. The summed E-state index contributed by atoms with van der Waals surface area (Å²) in [7, 11) is -2.08. The van der Waals surface area contributed by atoms with Crippen LogP contribution in [0.4, 0.5) is 0 Å². The van der Waals surface area contributed by atoms with E-state index in [1.807, 2.05) is 0 Å². The lowest BCUT2D eigenvalue weighted by Gasteiger charge is -2.06. The van der Waals surface area contributed by atoms with Crippen LogP contribution in [0.25, 0.3) is 0 Å². The molecular weight excluding hydrogens is 96.1 g/mol. The molecule has 0 rings (SSSR count). The molecule has 0 bridgehead atoms. The van der Waals surface area contributed by atoms with Crippen LogP contribution in [0.3, 0.4) is 0 Å². The van der Waals surface area contributed by atoms with Crippen molar-refractivity contribution in [2.45, 2.75) is 13.1 Å². The summed E-state index contributed by atoms with van der Waals surface area (Å²) in [5.41, 5.74) is 0. The molecule has 3 heteroatoms. The Labute approximate surface area is 38.6 Å². The van der Waals surface area contributed by atoms with E-state index in [1.165, 1.54) is 0 Å². The van der Waals surface area contributed by atoms with Crippen molar-refractivity contribution in [3.8, 4) is 0 Å². The van der Waals surface area contributed by atoms with Crippen LogP contribution in [0.1, 0.15) is 0 Å². The molecule has 2 nitrogen and oxygen atoms in total. The quantitative estimate of drug-likeness (QED) is 0.451. The smallest absolute Gasteiger partial charge is 0.207 e. The van der Waals surface area contributed by atoms with Crippen molar-refractivity contribution < 1.29 is 9.90 Å². The van der Waals surface area contributed by atoms with Gasteiger partial charge in [0.1, 0.15) is 0 Å². The van der Waals surface area contributed by atoms with E-state index in [2.05, 4.69) is 0 Å². The fraction of sp³-hybridized carbons (Fsp3) is 1.00. The SMILES string of the molecule is C[Si](C)(O)CO. The highest BCUT2D eigenvalue weighted by atomic mass is 28.4. The Morgan fingerprint density at radius 2 is 1.67 bits per heavy atom. The summed E-state index contributed by atoms with van der Waals surface area (Å²) in [6.07, 6.45) is -0.0347. The van der Waals surface area contributed by atoms with Gasteiger partial charge in [-0.1, -0.05) is 0 Å². The Kier molecular flexibility index (Phi) is 1.77. The molecule has 0 aliphatic carbocycles. The molecule has 0 spiro atoms. The van der Waals surface area contributed by atoms with E-state index in [-0.39, 0.29) is 6.23 Å². The lowest BCUT2D eigenvalue weighted by molar-refractivity contribution is 0.331. The van der Waals surface area contributed by atoms with Crippen LogP contribution in [-0.4, -0.2) is 24.4 Å². The van der Waals surface area contributed by atoms with Crippen molar-refractivity contribution in [3.63, 3.8) is 0 Å². The second-order valence-corrected chi connectivity index (χ2v) is 5.91. The summed E-state index contributed by atoms with van der Waals surface area (Å²) in [5, 5.41) is 8.21. The lowest BCUT2D eigenvalue weighted by Crippen LogP contribution is -2.30. The van der Waals surface area contributed by atoms with Crippen LogP contribution in [0, 0.1) is 0 Å². The topological polar surface area (TPSA) is 40.5 Å². The molecule has 0 aliphatic heterocycles. The van der Waals surface area contributed by atoms with Gasteiger partial charge in [0.05, 0.1) is 6.23 Å². The fourth-order valence-corrected chi connectivity index (χ4v) is 0. The number of hydrogen-bond donors (Lipinski definition) is 2. The number of aliphatic hydroxyl groups is 1. The molecule has 0 heterocycles. The molecule has 0 aromatic rings. The first-order valence-electron chi connectivity index (χ1n) is 1.89. The summed E-state index contributed by atoms with van der Waals surface area (Å²) >= 11 is 0. The van der Waals surface area contributed by atoms with E-state index in [9.17, 15) is 0 Å². The first kappa shape index (κ1) is 6.14. The van der Waals surface area contributed by atoms with E-state index in [1.54, 1.807) is 13.1 Å². The Hall–Kier alpha value is 0.137. The minimum absolute atomic E-state index is 0.0347. The maximum Gasteiger partial charge on any atom is 0.207 e. The Morgan fingerprint density at radius 3 is 1.67 bits per heavy atom. The van der Waals surface area contributed by atoms with Crippen molar-refractivity contribution >= 4 is 8.32 Å². The molecule has 0 aliphatic rings. The maximum absolute atomic E-state index is 8.72. The number of hydrogen-bond acceptors (Lipinski definition) is 2. The van der Waals surface area contributed by atoms with Crippen LogP contribution in [0.2, 0.25) is 13.1 Å². The van der Waals surface area contributed by atoms with Gasteiger partial charge in [-0.05, 0) is 13.1 Å². The predicted molar refractivity (Wildman–Crippen MR) is 26.8 cm³/mol. The zero-order chi connectivity index (χ0) is 5.21. The molecule has 0 aromatic heterocycles. The minimum atomic E-state index is -2.08. The second kappa shape index (κ2) is 1.73. The lowest BCUT2D eigenvalue weighted by atomic mass is 11.7. The van der Waals surface area contributed by atoms with Gasteiger partial charge < -0.3 is 9.90 Å². The van der Waals surface area contributed by atoms with Gasteiger partial charge in [-0.3, -0.25) is 0 Å². The highest BCUT2D eigenvalue weighted by molar-refractivity contribution is 6.69. The monoisotopic (exact) mass is 106 g/mol. The number of aliphatic hydroxyl groups excluding tert-OH is 1. The van der Waals surface area contributed by atoms with Crippen molar-refractivity contribution in [1.82, 2.24) is 0 Å². The van der Waals surface area contributed by atoms with Crippen molar-refractivity contribution in [3.05, 3.63) is 0 Å². The molecular formula is C3H10O2Si. The maximum atomic E-state index is 8.72. The highest BCUT2D eigenvalue weighted by Gasteiger charge is 2.12. The fourth-order valence-electron chi connectivity index (χ4n) is 0. The van der Waals surface area contributed by atoms with Crippen LogP contribution < -0.4 is 0 Å². The summed E-state index contributed by atoms with van der Waals surface area (Å²) in [4.78, 5) is 8.72. The van der Waals surface area contributed by atoms with Gasteiger partial charge in [-0.2, -0.15) is 0 Å². The average molecular weight is 106 g/mol. The molecule has 0 fully saturated rings. The standard InChI is InChI=1S/C3H10O2Si/c1-6(2,5)3-4/h4-5H,3H2,1-2H3. The van der Waals surface area contributed by atoms with Crippen LogP contribution in [0.15, 0.2) is 0 Å². The molecule has 6 heavy (non-hydrogen) atoms. The average Bonchev–Trinajstić information content (AvgIpc) is 1.35. The molecule has 0 radical (unpaired) electrons. The molecule has 0 saturated heterocycles. The van der Waals surface area contributed by atoms with Crippen LogP contribution in [-0.2, 0) is 0 Å². The van der Waals surface area contributed by atoms with E-state index >= 15 is 0 Å². The third-order valence-electron chi connectivity index (χ3n) is 0.387. The molecule has 0 amide bonds. The zero-order valence-electron chi connectivity index (χ0n) is 4.10. The third kappa shape index (κ3) is 4.14. The number of rotatable bonds is 1. The normalized spacial score (nSPS) is 12.0. The summed E-state index contributed by atoms with van der Waals surface area (Å²) < 4.78 is 0. The van der Waals surface area contributed by atoms with E-state index in [0.717, 1.165) is 0 Å². The van der Waals surface area contributed by atoms with Crippen molar-refractivity contribution in [2.24, 2.45) is 0 Å². The Morgan fingerprint density at radius 1 is 1.50 bits per heavy atom. The largest absolute Gasteiger partial charge is 0.430 e. The van der Waals surface area contributed by atoms with Gasteiger partial charge in [-0.15, -0.1) is 0 Å². The van der Waals surface area contributed by atoms with Gasteiger partial charge in [0.2, 0.25) is 8.32 Å². The van der Waals surface area contributed by atoms with E-state index < -0.39 is 8.32 Å². The Bertz CT molecular complexity index is 38.5. The van der Waals surface area contributed by atoms with Gasteiger partial charge in [0, 0.05) is 0 Å². The van der Waals surface area contributed by atoms with Crippen molar-refractivity contribution in [1.29, 1.82) is 0 Å². The molecule has 0 atom stereocenters. The summed E-state index contributed by atoms with van der Waals surface area (Å²) in [6, 6.07) is 0. The van der Waals surface area contributed by atoms with Gasteiger partial charge >= 0.3 is 0 Å². The van der Waals surface area contributed by atoms with Gasteiger partial charge in [0.15, 0.2) is 0 Å². The zero-order valence-corrected chi connectivity index (χ0v) is 5.10. The van der Waals surface area contributed by atoms with Crippen LogP contribution >= 0.6 is 0 Å².